The maximum atomic E-state index is 12.2. The highest BCUT2D eigenvalue weighted by Crippen LogP contribution is 2.24. The Hall–Kier alpha value is -2.24. The largest absolute Gasteiger partial charge is 0.376 e. The second-order valence-electron chi connectivity index (χ2n) is 5.89. The summed E-state index contributed by atoms with van der Waals surface area (Å²) in [5.74, 6) is -0.374. The topological polar surface area (TPSA) is 70.2 Å². The number of benzene rings is 2. The lowest BCUT2D eigenvalue weighted by Gasteiger charge is -2.13. The molecule has 0 aliphatic rings. The maximum Gasteiger partial charge on any atom is 0.251 e. The number of halogens is 2. The normalized spacial score (nSPS) is 11.5. The van der Waals surface area contributed by atoms with E-state index in [0.29, 0.717) is 27.0 Å². The number of rotatable bonds is 7. The van der Waals surface area contributed by atoms with E-state index >= 15 is 0 Å². The number of hydrogen-bond acceptors (Lipinski definition) is 3. The van der Waals surface area contributed by atoms with Crippen molar-refractivity contribution in [2.75, 3.05) is 17.2 Å². The summed E-state index contributed by atoms with van der Waals surface area (Å²) in [5, 5.41) is 9.44. The van der Waals surface area contributed by atoms with Crippen LogP contribution in [0.4, 0.5) is 11.4 Å². The molecule has 2 rings (SSSR count). The van der Waals surface area contributed by atoms with Crippen molar-refractivity contribution < 1.29 is 9.59 Å². The minimum absolute atomic E-state index is 0.0523. The highest BCUT2D eigenvalue weighted by Gasteiger charge is 2.10. The molecule has 2 amide bonds. The third-order valence-electron chi connectivity index (χ3n) is 3.77. The van der Waals surface area contributed by atoms with Gasteiger partial charge in [-0.2, -0.15) is 0 Å². The molecule has 26 heavy (non-hydrogen) atoms. The minimum Gasteiger partial charge on any atom is -0.376 e. The molecule has 0 aliphatic heterocycles. The highest BCUT2D eigenvalue weighted by atomic mass is 35.5. The number of carbonyl (C=O) groups excluding carboxylic acids is 2. The van der Waals surface area contributed by atoms with Gasteiger partial charge in [-0.3, -0.25) is 9.59 Å². The molecule has 7 heteroatoms. The van der Waals surface area contributed by atoms with Crippen LogP contribution in [0.5, 0.6) is 0 Å². The van der Waals surface area contributed by atoms with Crippen molar-refractivity contribution in [3.8, 4) is 0 Å². The van der Waals surface area contributed by atoms with Crippen molar-refractivity contribution in [2.24, 2.45) is 0 Å². The second kappa shape index (κ2) is 9.46. The molecule has 2 aromatic rings. The van der Waals surface area contributed by atoms with Gasteiger partial charge in [0.25, 0.3) is 5.91 Å². The van der Waals surface area contributed by atoms with Gasteiger partial charge in [0.05, 0.1) is 16.6 Å². The summed E-state index contributed by atoms with van der Waals surface area (Å²) in [6, 6.07) is 12.0. The zero-order valence-corrected chi connectivity index (χ0v) is 16.1. The predicted octanol–water partition coefficient (Wildman–Crippen LogP) is 4.57. The molecule has 1 unspecified atom stereocenters. The highest BCUT2D eigenvalue weighted by molar-refractivity contribution is 6.42. The Kier molecular flexibility index (Phi) is 7.30. The molecule has 0 radical (unpaired) electrons. The van der Waals surface area contributed by atoms with Crippen molar-refractivity contribution in [3.05, 3.63) is 58.1 Å². The number of hydrogen-bond donors (Lipinski definition) is 3. The van der Waals surface area contributed by atoms with Crippen LogP contribution in [0.2, 0.25) is 10.0 Å². The van der Waals surface area contributed by atoms with Crippen LogP contribution in [0, 0.1) is 0 Å². The lowest BCUT2D eigenvalue weighted by molar-refractivity contribution is -0.114. The first-order valence-electron chi connectivity index (χ1n) is 8.28. The van der Waals surface area contributed by atoms with Gasteiger partial charge in [-0.15, -0.1) is 0 Å². The maximum absolute atomic E-state index is 12.2. The van der Waals surface area contributed by atoms with E-state index in [9.17, 15) is 9.59 Å². The van der Waals surface area contributed by atoms with Crippen LogP contribution in [0.3, 0.4) is 0 Å². The van der Waals surface area contributed by atoms with Gasteiger partial charge in [0.2, 0.25) is 5.91 Å². The van der Waals surface area contributed by atoms with E-state index < -0.39 is 0 Å². The SMILES string of the molecule is CCC(C)NC(=O)c1cccc(NCC(=O)Nc2ccc(Cl)c(Cl)c2)c1. The van der Waals surface area contributed by atoms with E-state index in [1.165, 1.54) is 0 Å². The molecule has 0 fully saturated rings. The van der Waals surface area contributed by atoms with E-state index in [2.05, 4.69) is 16.0 Å². The Morgan fingerprint density at radius 1 is 1.04 bits per heavy atom. The van der Waals surface area contributed by atoms with Crippen molar-refractivity contribution in [1.29, 1.82) is 0 Å². The van der Waals surface area contributed by atoms with Crippen LogP contribution in [0.25, 0.3) is 0 Å². The Morgan fingerprint density at radius 3 is 2.50 bits per heavy atom. The van der Waals surface area contributed by atoms with Crippen LogP contribution in [0.1, 0.15) is 30.6 Å². The predicted molar refractivity (Wildman–Crippen MR) is 107 cm³/mol. The Morgan fingerprint density at radius 2 is 1.81 bits per heavy atom. The van der Waals surface area contributed by atoms with Crippen molar-refractivity contribution in [1.82, 2.24) is 5.32 Å². The molecule has 0 aromatic heterocycles. The van der Waals surface area contributed by atoms with E-state index in [-0.39, 0.29) is 24.4 Å². The zero-order valence-electron chi connectivity index (χ0n) is 14.6. The van der Waals surface area contributed by atoms with Crippen LogP contribution >= 0.6 is 23.2 Å². The fraction of sp³-hybridized carbons (Fsp3) is 0.263. The summed E-state index contributed by atoms with van der Waals surface area (Å²) >= 11 is 11.8. The van der Waals surface area contributed by atoms with Crippen LogP contribution < -0.4 is 16.0 Å². The fourth-order valence-corrected chi connectivity index (χ4v) is 2.44. The van der Waals surface area contributed by atoms with Crippen molar-refractivity contribution in [3.63, 3.8) is 0 Å². The summed E-state index contributed by atoms with van der Waals surface area (Å²) in [6.07, 6.45) is 0.860. The van der Waals surface area contributed by atoms with Gasteiger partial charge in [-0.05, 0) is 49.7 Å². The molecule has 138 valence electrons. The first kappa shape index (κ1) is 20.1. The molecule has 0 aliphatic carbocycles. The number of amides is 2. The summed E-state index contributed by atoms with van der Waals surface area (Å²) in [4.78, 5) is 24.2. The van der Waals surface area contributed by atoms with Gasteiger partial charge in [0, 0.05) is 23.0 Å². The Balaban J connectivity index is 1.92. The average molecular weight is 394 g/mol. The lowest BCUT2D eigenvalue weighted by atomic mass is 10.1. The molecule has 3 N–H and O–H groups in total. The molecule has 0 saturated heterocycles. The van der Waals surface area contributed by atoms with Crippen molar-refractivity contribution in [2.45, 2.75) is 26.3 Å². The molecule has 0 bridgehead atoms. The van der Waals surface area contributed by atoms with E-state index in [1.807, 2.05) is 13.8 Å². The number of anilines is 2. The van der Waals surface area contributed by atoms with Gasteiger partial charge in [-0.1, -0.05) is 36.2 Å². The number of nitrogens with one attached hydrogen (secondary N) is 3. The monoisotopic (exact) mass is 393 g/mol. The van der Waals surface area contributed by atoms with E-state index in [4.69, 9.17) is 23.2 Å². The molecule has 1 atom stereocenters. The molecule has 0 heterocycles. The molecule has 0 saturated carbocycles. The van der Waals surface area contributed by atoms with Gasteiger partial charge in [-0.25, -0.2) is 0 Å². The summed E-state index contributed by atoms with van der Waals surface area (Å²) in [6.45, 7) is 4.01. The molecule has 2 aromatic carbocycles. The van der Waals surface area contributed by atoms with Crippen LogP contribution in [-0.4, -0.2) is 24.4 Å². The molecule has 5 nitrogen and oxygen atoms in total. The van der Waals surface area contributed by atoms with Gasteiger partial charge >= 0.3 is 0 Å². The van der Waals surface area contributed by atoms with Gasteiger partial charge in [0.15, 0.2) is 0 Å². The van der Waals surface area contributed by atoms with Crippen LogP contribution in [-0.2, 0) is 4.79 Å². The third kappa shape index (κ3) is 5.93. The first-order chi connectivity index (χ1) is 12.4. The average Bonchev–Trinajstić information content (AvgIpc) is 2.63. The lowest BCUT2D eigenvalue weighted by Crippen LogP contribution is -2.31. The second-order valence-corrected chi connectivity index (χ2v) is 6.71. The minimum atomic E-state index is -0.238. The Labute approximate surface area is 163 Å². The van der Waals surface area contributed by atoms with Crippen LogP contribution in [0.15, 0.2) is 42.5 Å². The molecular formula is C19H21Cl2N3O2. The summed E-state index contributed by atoms with van der Waals surface area (Å²) in [7, 11) is 0. The molecule has 0 spiro atoms. The molecular weight excluding hydrogens is 373 g/mol. The standard InChI is InChI=1S/C19H21Cl2N3O2/c1-3-12(2)23-19(26)13-5-4-6-14(9-13)22-11-18(25)24-15-7-8-16(20)17(21)10-15/h4-10,12,22H,3,11H2,1-2H3,(H,23,26)(H,24,25). The van der Waals surface area contributed by atoms with Crippen molar-refractivity contribution >= 4 is 46.4 Å². The first-order valence-corrected chi connectivity index (χ1v) is 9.04. The van der Waals surface area contributed by atoms with E-state index in [0.717, 1.165) is 6.42 Å². The van der Waals surface area contributed by atoms with Gasteiger partial charge in [0.1, 0.15) is 0 Å². The quantitative estimate of drug-likeness (QED) is 0.644. The smallest absolute Gasteiger partial charge is 0.251 e. The Bertz CT molecular complexity index is 796. The van der Waals surface area contributed by atoms with Gasteiger partial charge < -0.3 is 16.0 Å². The van der Waals surface area contributed by atoms with E-state index in [1.54, 1.807) is 42.5 Å². The summed E-state index contributed by atoms with van der Waals surface area (Å²) < 4.78 is 0. The summed E-state index contributed by atoms with van der Waals surface area (Å²) in [5.41, 5.74) is 1.79. The third-order valence-corrected chi connectivity index (χ3v) is 4.51. The fourth-order valence-electron chi connectivity index (χ4n) is 2.14. The number of carbonyl (C=O) groups is 2. The zero-order chi connectivity index (χ0) is 19.1.